The lowest BCUT2D eigenvalue weighted by atomic mass is 9.65. The maximum Gasteiger partial charge on any atom is 0.0741 e. The first-order chi connectivity index (χ1) is 30.3. The molecule has 0 saturated heterocycles. The van der Waals surface area contributed by atoms with Gasteiger partial charge in [0.25, 0.3) is 0 Å². The van der Waals surface area contributed by atoms with Crippen molar-refractivity contribution in [1.29, 1.82) is 0 Å². The Morgan fingerprint density at radius 1 is 0.311 bits per heavy atom. The molecular weight excluding hydrogens is 755 g/mol. The van der Waals surface area contributed by atoms with Gasteiger partial charge in [0.1, 0.15) is 0 Å². The zero-order chi connectivity index (χ0) is 40.3. The Hall–Kier alpha value is -7.39. The third-order valence-corrected chi connectivity index (χ3v) is 14.0. The van der Waals surface area contributed by atoms with E-state index < -0.39 is 5.41 Å². The van der Waals surface area contributed by atoms with Crippen molar-refractivity contribution in [3.8, 4) is 44.5 Å². The highest BCUT2D eigenvalue weighted by atomic mass is 32.2. The van der Waals surface area contributed by atoms with E-state index in [2.05, 4.69) is 241 Å². The monoisotopic (exact) mass is 793 g/mol. The maximum atomic E-state index is 2.41. The van der Waals surface area contributed by atoms with E-state index in [1.54, 1.807) is 0 Å². The zero-order valence-corrected chi connectivity index (χ0v) is 34.2. The molecule has 0 saturated carbocycles. The van der Waals surface area contributed by atoms with Gasteiger partial charge in [-0.05, 0) is 120 Å². The molecule has 1 spiro atoms. The summed E-state index contributed by atoms with van der Waals surface area (Å²) in [6, 6.07) is 87.1. The summed E-state index contributed by atoms with van der Waals surface area (Å²) in [5.74, 6) is 0. The Morgan fingerprint density at radius 3 is 1.34 bits per heavy atom. The van der Waals surface area contributed by atoms with Crippen LogP contribution in [0.15, 0.2) is 246 Å². The summed E-state index contributed by atoms with van der Waals surface area (Å²) in [6.07, 6.45) is 0. The van der Waals surface area contributed by atoms with Gasteiger partial charge in [-0.3, -0.25) is 0 Å². The standard InChI is InChI=1S/C59H39NS/c1-3-14-40(15-4-1)42-26-33-46(34-27-42)60(47-35-28-43(29-36-47)41-16-5-2-6-17-41)48-37-30-45(31-38-48)49-22-13-25-56-57(49)59(55-39-32-44-18-7-8-19-50(44)58(55)61-56)53-23-11-9-20-51(53)52-21-10-12-24-54(52)59/h1-39H. The van der Waals surface area contributed by atoms with Gasteiger partial charge in [-0.25, -0.2) is 0 Å². The van der Waals surface area contributed by atoms with Crippen LogP contribution in [0.2, 0.25) is 0 Å². The van der Waals surface area contributed by atoms with Crippen LogP contribution in [0.5, 0.6) is 0 Å². The van der Waals surface area contributed by atoms with Gasteiger partial charge in [-0.15, -0.1) is 0 Å². The van der Waals surface area contributed by atoms with Gasteiger partial charge in [0, 0.05) is 26.9 Å². The number of nitrogens with zero attached hydrogens (tertiary/aromatic N) is 1. The number of rotatable bonds is 6. The fourth-order valence-corrected chi connectivity index (χ4v) is 11.4. The summed E-state index contributed by atoms with van der Waals surface area (Å²) in [4.78, 5) is 5.02. The third-order valence-electron chi connectivity index (χ3n) is 12.8. The van der Waals surface area contributed by atoms with Crippen LogP contribution in [0.4, 0.5) is 17.1 Å². The maximum absolute atomic E-state index is 2.41. The third kappa shape index (κ3) is 5.64. The van der Waals surface area contributed by atoms with Crippen molar-refractivity contribution in [2.75, 3.05) is 4.90 Å². The molecule has 286 valence electrons. The van der Waals surface area contributed by atoms with E-state index in [0.29, 0.717) is 0 Å². The van der Waals surface area contributed by atoms with Gasteiger partial charge < -0.3 is 4.90 Å². The van der Waals surface area contributed by atoms with Gasteiger partial charge in [-0.1, -0.05) is 206 Å². The summed E-state index contributed by atoms with van der Waals surface area (Å²) in [6.45, 7) is 0. The molecule has 1 heterocycles. The highest BCUT2D eigenvalue weighted by Gasteiger charge is 2.51. The fraction of sp³-hybridized carbons (Fsp3) is 0.0169. The van der Waals surface area contributed by atoms with Crippen LogP contribution in [0.3, 0.4) is 0 Å². The SMILES string of the molecule is c1ccc(-c2ccc(N(c3ccc(-c4ccccc4)cc3)c3ccc(-c4cccc5c4C4(c6ccccc6-c6ccccc64)c4ccc6ccccc6c4S5)cc3)cc2)cc1. The molecular formula is C59H39NS. The second-order valence-electron chi connectivity index (χ2n) is 16.0. The Kier molecular flexibility index (Phi) is 8.40. The number of hydrogen-bond acceptors (Lipinski definition) is 2. The first-order valence-corrected chi connectivity index (χ1v) is 21.8. The van der Waals surface area contributed by atoms with Gasteiger partial charge in [-0.2, -0.15) is 0 Å². The Bertz CT molecular complexity index is 3110. The number of hydrogen-bond donors (Lipinski definition) is 0. The lowest BCUT2D eigenvalue weighted by molar-refractivity contribution is 0.728. The highest BCUT2D eigenvalue weighted by Crippen LogP contribution is 2.64. The molecule has 0 amide bonds. The van der Waals surface area contributed by atoms with Gasteiger partial charge >= 0.3 is 0 Å². The van der Waals surface area contributed by atoms with Gasteiger partial charge in [0.2, 0.25) is 0 Å². The number of anilines is 3. The van der Waals surface area contributed by atoms with E-state index in [1.165, 1.54) is 87.3 Å². The van der Waals surface area contributed by atoms with Crippen LogP contribution in [-0.2, 0) is 5.41 Å². The predicted molar refractivity (Wildman–Crippen MR) is 256 cm³/mol. The number of benzene rings is 10. The molecule has 10 aromatic carbocycles. The zero-order valence-electron chi connectivity index (χ0n) is 33.4. The van der Waals surface area contributed by atoms with Crippen molar-refractivity contribution in [3.63, 3.8) is 0 Å². The lowest BCUT2D eigenvalue weighted by Gasteiger charge is -2.41. The molecule has 0 atom stereocenters. The average Bonchev–Trinajstić information content (AvgIpc) is 3.63. The van der Waals surface area contributed by atoms with Crippen LogP contribution in [0.1, 0.15) is 22.3 Å². The summed E-state index contributed by atoms with van der Waals surface area (Å²) in [7, 11) is 0. The fourth-order valence-electron chi connectivity index (χ4n) is 10.0. The topological polar surface area (TPSA) is 3.24 Å². The van der Waals surface area contributed by atoms with Crippen LogP contribution in [-0.4, -0.2) is 0 Å². The van der Waals surface area contributed by atoms with Crippen LogP contribution >= 0.6 is 11.8 Å². The minimum atomic E-state index is -0.491. The Balaban J connectivity index is 1.02. The normalized spacial score (nSPS) is 13.0. The van der Waals surface area contributed by atoms with Crippen LogP contribution in [0, 0.1) is 0 Å². The molecule has 1 nitrogen and oxygen atoms in total. The van der Waals surface area contributed by atoms with E-state index in [4.69, 9.17) is 0 Å². The van der Waals surface area contributed by atoms with E-state index in [0.717, 1.165) is 17.1 Å². The molecule has 0 radical (unpaired) electrons. The van der Waals surface area contributed by atoms with Crippen LogP contribution < -0.4 is 4.90 Å². The lowest BCUT2D eigenvalue weighted by Crippen LogP contribution is -2.32. The molecule has 0 bridgehead atoms. The Morgan fingerprint density at radius 2 is 0.770 bits per heavy atom. The molecule has 0 N–H and O–H groups in total. The summed E-state index contributed by atoms with van der Waals surface area (Å²) in [5.41, 5.74) is 18.1. The quantitative estimate of drug-likeness (QED) is 0.165. The van der Waals surface area contributed by atoms with Crippen molar-refractivity contribution < 1.29 is 0 Å². The molecule has 1 aliphatic heterocycles. The molecule has 0 unspecified atom stereocenters. The van der Waals surface area contributed by atoms with E-state index >= 15 is 0 Å². The molecule has 2 aliphatic rings. The van der Waals surface area contributed by atoms with Crippen molar-refractivity contribution in [3.05, 3.63) is 259 Å². The minimum absolute atomic E-state index is 0.491. The smallest absolute Gasteiger partial charge is 0.0741 e. The molecule has 1 aliphatic carbocycles. The summed E-state index contributed by atoms with van der Waals surface area (Å²) in [5, 5.41) is 2.58. The molecule has 12 rings (SSSR count). The first-order valence-electron chi connectivity index (χ1n) is 21.0. The summed E-state index contributed by atoms with van der Waals surface area (Å²) < 4.78 is 0. The molecule has 61 heavy (non-hydrogen) atoms. The largest absolute Gasteiger partial charge is 0.311 e. The summed E-state index contributed by atoms with van der Waals surface area (Å²) >= 11 is 1.92. The van der Waals surface area contributed by atoms with E-state index in [9.17, 15) is 0 Å². The van der Waals surface area contributed by atoms with Crippen molar-refractivity contribution >= 4 is 39.6 Å². The highest BCUT2D eigenvalue weighted by molar-refractivity contribution is 7.99. The van der Waals surface area contributed by atoms with Gasteiger partial charge in [0.15, 0.2) is 0 Å². The minimum Gasteiger partial charge on any atom is -0.311 e. The first kappa shape index (κ1) is 35.5. The van der Waals surface area contributed by atoms with E-state index in [1.807, 2.05) is 11.8 Å². The average molecular weight is 794 g/mol. The second-order valence-corrected chi connectivity index (χ2v) is 17.0. The molecule has 2 heteroatoms. The van der Waals surface area contributed by atoms with Crippen LogP contribution in [0.25, 0.3) is 55.3 Å². The molecule has 0 fully saturated rings. The predicted octanol–water partition coefficient (Wildman–Crippen LogP) is 16.1. The number of fused-ring (bicyclic) bond motifs is 11. The molecule has 10 aromatic rings. The Labute approximate surface area is 361 Å². The van der Waals surface area contributed by atoms with Crippen molar-refractivity contribution in [2.45, 2.75) is 15.2 Å². The second kappa shape index (κ2) is 14.4. The van der Waals surface area contributed by atoms with E-state index in [-0.39, 0.29) is 0 Å². The van der Waals surface area contributed by atoms with Crippen molar-refractivity contribution in [1.82, 2.24) is 0 Å². The molecule has 0 aromatic heterocycles. The van der Waals surface area contributed by atoms with Gasteiger partial charge in [0.05, 0.1) is 5.41 Å². The van der Waals surface area contributed by atoms with Crippen molar-refractivity contribution in [2.24, 2.45) is 0 Å².